The zero-order valence-electron chi connectivity index (χ0n) is 14.3. The molecular formula is C20H27NO2. The second-order valence-electron chi connectivity index (χ2n) is 6.33. The first kappa shape index (κ1) is 17.5. The van der Waals surface area contributed by atoms with Crippen LogP contribution in [0.2, 0.25) is 0 Å². The van der Waals surface area contributed by atoms with Gasteiger partial charge in [-0.05, 0) is 37.8 Å². The maximum Gasteiger partial charge on any atom is 0.133 e. The van der Waals surface area contributed by atoms with Crippen LogP contribution >= 0.6 is 0 Å². The van der Waals surface area contributed by atoms with Gasteiger partial charge in [0.2, 0.25) is 0 Å². The number of hydrogen-bond acceptors (Lipinski definition) is 2. The lowest BCUT2D eigenvalue weighted by molar-refractivity contribution is -0.119. The Morgan fingerprint density at radius 2 is 1.78 bits per heavy atom. The molecule has 2 aromatic rings. The summed E-state index contributed by atoms with van der Waals surface area (Å²) in [5, 5.41) is 1.18. The van der Waals surface area contributed by atoms with Crippen molar-refractivity contribution in [3.8, 4) is 0 Å². The van der Waals surface area contributed by atoms with Gasteiger partial charge in [0.05, 0.1) is 0 Å². The number of carbonyl (C=O) groups excluding carboxylic acids is 2. The Bertz CT molecular complexity index is 669. The number of unbranched alkanes of at least 4 members (excludes halogenated alkanes) is 2. The molecule has 0 spiro atoms. The molecule has 0 aliphatic heterocycles. The summed E-state index contributed by atoms with van der Waals surface area (Å²) in [7, 11) is 0. The van der Waals surface area contributed by atoms with Gasteiger partial charge in [0.25, 0.3) is 0 Å². The van der Waals surface area contributed by atoms with E-state index < -0.39 is 0 Å². The number of aryl methyl sites for hydroxylation is 2. The fraction of sp³-hybridized carbons (Fsp3) is 0.500. The van der Waals surface area contributed by atoms with Crippen LogP contribution in [0.4, 0.5) is 0 Å². The average molecular weight is 313 g/mol. The molecule has 0 saturated heterocycles. The van der Waals surface area contributed by atoms with Gasteiger partial charge >= 0.3 is 0 Å². The summed E-state index contributed by atoms with van der Waals surface area (Å²) in [6.45, 7) is 3.78. The predicted molar refractivity (Wildman–Crippen MR) is 94.8 cm³/mol. The van der Waals surface area contributed by atoms with Gasteiger partial charge < -0.3 is 9.78 Å². The first-order valence-electron chi connectivity index (χ1n) is 8.71. The summed E-state index contributed by atoms with van der Waals surface area (Å²) in [6, 6.07) is 8.17. The van der Waals surface area contributed by atoms with Crippen LogP contribution in [0.5, 0.6) is 0 Å². The zero-order valence-corrected chi connectivity index (χ0v) is 14.3. The van der Waals surface area contributed by atoms with Crippen LogP contribution in [0.1, 0.15) is 63.6 Å². The molecule has 0 atom stereocenters. The van der Waals surface area contributed by atoms with E-state index in [9.17, 15) is 9.59 Å². The van der Waals surface area contributed by atoms with Gasteiger partial charge in [0.15, 0.2) is 0 Å². The molecule has 0 amide bonds. The smallest absolute Gasteiger partial charge is 0.133 e. The zero-order chi connectivity index (χ0) is 16.7. The van der Waals surface area contributed by atoms with Crippen LogP contribution in [-0.2, 0) is 22.4 Å². The third-order valence-electron chi connectivity index (χ3n) is 4.34. The van der Waals surface area contributed by atoms with Crippen molar-refractivity contribution in [2.75, 3.05) is 0 Å². The van der Waals surface area contributed by atoms with Crippen molar-refractivity contribution in [1.82, 2.24) is 4.98 Å². The van der Waals surface area contributed by atoms with Crippen LogP contribution < -0.4 is 0 Å². The quantitative estimate of drug-likeness (QED) is 0.642. The third kappa shape index (κ3) is 5.05. The van der Waals surface area contributed by atoms with Crippen LogP contribution in [0, 0.1) is 0 Å². The minimum absolute atomic E-state index is 0.205. The molecule has 1 aromatic carbocycles. The molecule has 1 N–H and O–H groups in total. The van der Waals surface area contributed by atoms with Crippen LogP contribution in [0.25, 0.3) is 10.9 Å². The Hall–Kier alpha value is -1.90. The van der Waals surface area contributed by atoms with Gasteiger partial charge in [-0.25, -0.2) is 0 Å². The molecule has 0 bridgehead atoms. The SMILES string of the molecule is CCCCCC(=O)CCc1[nH]c2ccccc2c1CCC(C)=O. The maximum absolute atomic E-state index is 12.0. The van der Waals surface area contributed by atoms with Crippen molar-refractivity contribution in [2.45, 2.75) is 65.2 Å². The van der Waals surface area contributed by atoms with Gasteiger partial charge in [0.1, 0.15) is 11.6 Å². The highest BCUT2D eigenvalue weighted by Gasteiger charge is 2.13. The van der Waals surface area contributed by atoms with E-state index >= 15 is 0 Å². The minimum atomic E-state index is 0.205. The van der Waals surface area contributed by atoms with Crippen molar-refractivity contribution in [3.05, 3.63) is 35.5 Å². The largest absolute Gasteiger partial charge is 0.358 e. The average Bonchev–Trinajstić information content (AvgIpc) is 2.89. The molecule has 3 heteroatoms. The number of nitrogens with one attached hydrogen (secondary N) is 1. The van der Waals surface area contributed by atoms with E-state index in [0.29, 0.717) is 25.0 Å². The molecule has 0 aliphatic carbocycles. The van der Waals surface area contributed by atoms with Crippen molar-refractivity contribution in [1.29, 1.82) is 0 Å². The van der Waals surface area contributed by atoms with E-state index in [0.717, 1.165) is 43.3 Å². The van der Waals surface area contributed by atoms with E-state index in [-0.39, 0.29) is 5.78 Å². The van der Waals surface area contributed by atoms with E-state index in [4.69, 9.17) is 0 Å². The van der Waals surface area contributed by atoms with Crippen LogP contribution in [-0.4, -0.2) is 16.6 Å². The van der Waals surface area contributed by atoms with E-state index in [1.807, 2.05) is 12.1 Å². The summed E-state index contributed by atoms with van der Waals surface area (Å²) in [5.41, 5.74) is 3.42. The van der Waals surface area contributed by atoms with Crippen molar-refractivity contribution >= 4 is 22.5 Å². The molecule has 0 aliphatic rings. The second kappa shape index (κ2) is 8.66. The fourth-order valence-corrected chi connectivity index (χ4v) is 3.02. The first-order chi connectivity index (χ1) is 11.1. The van der Waals surface area contributed by atoms with Gasteiger partial charge in [0, 0.05) is 35.9 Å². The molecule has 0 saturated carbocycles. The molecule has 2 rings (SSSR count). The summed E-state index contributed by atoms with van der Waals surface area (Å²) >= 11 is 0. The second-order valence-corrected chi connectivity index (χ2v) is 6.33. The topological polar surface area (TPSA) is 49.9 Å². The van der Waals surface area contributed by atoms with E-state index in [1.54, 1.807) is 6.92 Å². The summed E-state index contributed by atoms with van der Waals surface area (Å²) in [4.78, 5) is 26.8. The Morgan fingerprint density at radius 1 is 1.00 bits per heavy atom. The summed E-state index contributed by atoms with van der Waals surface area (Å²) in [6.07, 6.45) is 6.59. The molecule has 0 radical (unpaired) electrons. The van der Waals surface area contributed by atoms with Gasteiger partial charge in [-0.1, -0.05) is 38.0 Å². The highest BCUT2D eigenvalue weighted by Crippen LogP contribution is 2.25. The summed E-state index contributed by atoms with van der Waals surface area (Å²) in [5.74, 6) is 0.548. The molecule has 3 nitrogen and oxygen atoms in total. The Balaban J connectivity index is 2.07. The van der Waals surface area contributed by atoms with Crippen molar-refractivity contribution in [3.63, 3.8) is 0 Å². The first-order valence-corrected chi connectivity index (χ1v) is 8.71. The molecule has 0 fully saturated rings. The maximum atomic E-state index is 12.0. The number of aromatic nitrogens is 1. The van der Waals surface area contributed by atoms with Gasteiger partial charge in [-0.2, -0.15) is 0 Å². The number of para-hydroxylation sites is 1. The number of ketones is 2. The molecule has 1 heterocycles. The number of H-pyrrole nitrogens is 1. The van der Waals surface area contributed by atoms with Crippen molar-refractivity contribution < 1.29 is 9.59 Å². The number of hydrogen-bond donors (Lipinski definition) is 1. The Kier molecular flexibility index (Phi) is 6.57. The summed E-state index contributed by atoms with van der Waals surface area (Å²) < 4.78 is 0. The molecule has 23 heavy (non-hydrogen) atoms. The lowest BCUT2D eigenvalue weighted by atomic mass is 10.00. The highest BCUT2D eigenvalue weighted by molar-refractivity contribution is 5.86. The minimum Gasteiger partial charge on any atom is -0.358 e. The predicted octanol–water partition coefficient (Wildman–Crippen LogP) is 4.77. The van der Waals surface area contributed by atoms with Crippen LogP contribution in [0.3, 0.4) is 0 Å². The number of carbonyl (C=O) groups is 2. The third-order valence-corrected chi connectivity index (χ3v) is 4.34. The number of fused-ring (bicyclic) bond motifs is 1. The highest BCUT2D eigenvalue weighted by atomic mass is 16.1. The van der Waals surface area contributed by atoms with E-state index in [2.05, 4.69) is 24.0 Å². The van der Waals surface area contributed by atoms with Gasteiger partial charge in [-0.3, -0.25) is 4.79 Å². The Morgan fingerprint density at radius 3 is 2.52 bits per heavy atom. The number of benzene rings is 1. The lowest BCUT2D eigenvalue weighted by Gasteiger charge is -2.04. The molecule has 0 unspecified atom stereocenters. The Labute approximate surface area is 138 Å². The number of rotatable bonds is 10. The molecular weight excluding hydrogens is 286 g/mol. The normalized spacial score (nSPS) is 11.0. The fourth-order valence-electron chi connectivity index (χ4n) is 3.02. The van der Waals surface area contributed by atoms with Crippen molar-refractivity contribution in [2.24, 2.45) is 0 Å². The monoisotopic (exact) mass is 313 g/mol. The van der Waals surface area contributed by atoms with E-state index in [1.165, 1.54) is 10.9 Å². The van der Waals surface area contributed by atoms with Gasteiger partial charge in [-0.15, -0.1) is 0 Å². The number of Topliss-reactive ketones (excluding diaryl/α,β-unsaturated/α-hetero) is 2. The van der Waals surface area contributed by atoms with Crippen LogP contribution in [0.15, 0.2) is 24.3 Å². The lowest BCUT2D eigenvalue weighted by Crippen LogP contribution is -2.03. The standard InChI is InChI=1S/C20H27NO2/c1-3-4-5-8-16(23)12-14-20-18(13-11-15(2)22)17-9-6-7-10-19(17)21-20/h6-7,9-10,21H,3-5,8,11-14H2,1-2H3. The molecule has 124 valence electrons. The molecule has 1 aromatic heterocycles. The number of aromatic amines is 1.